The zero-order chi connectivity index (χ0) is 13.2. The largest absolute Gasteiger partial charge is 0.312 e. The number of benzene rings is 1. The van der Waals surface area contributed by atoms with Gasteiger partial charge in [0.25, 0.3) is 11.3 Å². The zero-order valence-electron chi connectivity index (χ0n) is 8.51. The Morgan fingerprint density at radius 2 is 2.12 bits per heavy atom. The second kappa shape index (κ2) is 5.29. The normalized spacial score (nSPS) is 13.4. The van der Waals surface area contributed by atoms with Gasteiger partial charge in [0.05, 0.1) is 10.6 Å². The van der Waals surface area contributed by atoms with E-state index >= 15 is 0 Å². The van der Waals surface area contributed by atoms with Gasteiger partial charge in [0.1, 0.15) is 0 Å². The fourth-order valence-electron chi connectivity index (χ4n) is 1.05. The van der Waals surface area contributed by atoms with Crippen LogP contribution in [0.2, 0.25) is 5.02 Å². The number of nitrogens with two attached hydrogens (primary N) is 1. The first kappa shape index (κ1) is 14.4. The van der Waals surface area contributed by atoms with E-state index in [2.05, 4.69) is 14.9 Å². The summed E-state index contributed by atoms with van der Waals surface area (Å²) in [6, 6.07) is 2.22. The molecule has 1 aromatic carbocycles. The van der Waals surface area contributed by atoms with Crippen LogP contribution in [0, 0.1) is 6.92 Å². The third-order valence-electron chi connectivity index (χ3n) is 1.93. The highest BCUT2D eigenvalue weighted by molar-refractivity contribution is 7.86. The first-order valence-electron chi connectivity index (χ1n) is 4.09. The van der Waals surface area contributed by atoms with Gasteiger partial charge >= 0.3 is 10.1 Å². The minimum Gasteiger partial charge on any atom is -0.289 e. The highest BCUT2D eigenvalue weighted by atomic mass is 35.5. The Kier molecular flexibility index (Phi) is 4.47. The monoisotopic (exact) mass is 300 g/mol. The Morgan fingerprint density at radius 3 is 2.59 bits per heavy atom. The Labute approximate surface area is 105 Å². The first-order chi connectivity index (χ1) is 7.77. The number of hydrogen-bond acceptors (Lipinski definition) is 5. The van der Waals surface area contributed by atoms with Crippen molar-refractivity contribution in [1.29, 1.82) is 0 Å². The number of anilines is 1. The Bertz CT molecular complexity index is 560. The summed E-state index contributed by atoms with van der Waals surface area (Å²) in [6.07, 6.45) is 0. The molecule has 0 aliphatic heterocycles. The van der Waals surface area contributed by atoms with Crippen LogP contribution in [0.25, 0.3) is 0 Å². The Hall–Kier alpha value is -0.710. The van der Waals surface area contributed by atoms with E-state index in [0.29, 0.717) is 5.56 Å². The lowest BCUT2D eigenvalue weighted by Gasteiger charge is -2.10. The van der Waals surface area contributed by atoms with Crippen LogP contribution in [0.1, 0.15) is 5.56 Å². The zero-order valence-corrected chi connectivity index (χ0v) is 10.9. The van der Waals surface area contributed by atoms with Gasteiger partial charge in [0.15, 0.2) is 0 Å². The van der Waals surface area contributed by atoms with Crippen LogP contribution in [0.4, 0.5) is 5.69 Å². The molecule has 0 amide bonds. The third-order valence-corrected chi connectivity index (χ3v) is 3.78. The van der Waals surface area contributed by atoms with E-state index in [4.69, 9.17) is 16.2 Å². The molecule has 0 fully saturated rings. The minimum atomic E-state index is -4.12. The Morgan fingerprint density at radius 1 is 1.53 bits per heavy atom. The quantitative estimate of drug-likeness (QED) is 0.558. The molecule has 0 saturated heterocycles. The van der Waals surface area contributed by atoms with E-state index in [1.165, 1.54) is 0 Å². The summed E-state index contributed by atoms with van der Waals surface area (Å²) in [5.41, 5.74) is 0.513. The molecule has 1 unspecified atom stereocenters. The summed E-state index contributed by atoms with van der Waals surface area (Å²) in [7, 11) is -4.12. The smallest absolute Gasteiger partial charge is 0.289 e. The average Bonchev–Trinajstić information content (AvgIpc) is 2.23. The maximum atomic E-state index is 11.3. The van der Waals surface area contributed by atoms with Crippen molar-refractivity contribution in [2.24, 2.45) is 5.90 Å². The highest BCUT2D eigenvalue weighted by Gasteiger charge is 2.18. The molecule has 0 aliphatic carbocycles. The molecule has 0 aromatic heterocycles. The molecule has 0 aliphatic rings. The van der Waals surface area contributed by atoms with E-state index < -0.39 is 21.4 Å². The van der Waals surface area contributed by atoms with Gasteiger partial charge in [-0.25, -0.2) is 4.21 Å². The van der Waals surface area contributed by atoms with Gasteiger partial charge in [0, 0.05) is 5.02 Å². The predicted octanol–water partition coefficient (Wildman–Crippen LogP) is 0.776. The molecule has 0 spiro atoms. The second-order valence-corrected chi connectivity index (χ2v) is 5.66. The molecular weight excluding hydrogens is 292 g/mol. The highest BCUT2D eigenvalue weighted by Crippen LogP contribution is 2.28. The van der Waals surface area contributed by atoms with Crippen LogP contribution in [0.5, 0.6) is 0 Å². The van der Waals surface area contributed by atoms with Crippen LogP contribution < -0.4 is 10.6 Å². The number of rotatable bonds is 4. The van der Waals surface area contributed by atoms with E-state index in [0.717, 1.165) is 12.1 Å². The van der Waals surface area contributed by atoms with Crippen molar-refractivity contribution in [1.82, 2.24) is 0 Å². The molecule has 1 rings (SSSR count). The van der Waals surface area contributed by atoms with E-state index in [9.17, 15) is 12.6 Å². The maximum Gasteiger partial charge on any atom is 0.312 e. The molecule has 0 saturated carbocycles. The minimum absolute atomic E-state index is 0.0916. The first-order valence-corrected chi connectivity index (χ1v) is 6.98. The molecule has 4 N–H and O–H groups in total. The van der Waals surface area contributed by atoms with E-state index in [-0.39, 0.29) is 15.6 Å². The lowest BCUT2D eigenvalue weighted by Crippen LogP contribution is -2.12. The van der Waals surface area contributed by atoms with Crippen LogP contribution in [-0.4, -0.2) is 17.2 Å². The van der Waals surface area contributed by atoms with E-state index in [1.807, 2.05) is 0 Å². The van der Waals surface area contributed by atoms with Gasteiger partial charge in [-0.2, -0.15) is 18.6 Å². The molecule has 10 heteroatoms. The summed E-state index contributed by atoms with van der Waals surface area (Å²) in [6.45, 7) is 1.55. The average molecular weight is 301 g/mol. The molecule has 7 nitrogen and oxygen atoms in total. The number of nitrogens with one attached hydrogen (secondary N) is 1. The van der Waals surface area contributed by atoms with Crippen LogP contribution >= 0.6 is 11.6 Å². The predicted molar refractivity (Wildman–Crippen MR) is 63.0 cm³/mol. The van der Waals surface area contributed by atoms with Crippen molar-refractivity contribution in [3.8, 4) is 0 Å². The van der Waals surface area contributed by atoms with Gasteiger partial charge in [-0.15, -0.1) is 0 Å². The fourth-order valence-corrected chi connectivity index (χ4v) is 2.37. The van der Waals surface area contributed by atoms with Crippen LogP contribution in [0.3, 0.4) is 0 Å². The fraction of sp³-hybridized carbons (Fsp3) is 0.143. The van der Waals surface area contributed by atoms with Gasteiger partial charge in [-0.05, 0) is 24.6 Å². The van der Waals surface area contributed by atoms with Gasteiger partial charge in [0.2, 0.25) is 0 Å². The second-order valence-electron chi connectivity index (χ2n) is 2.98. The molecule has 17 heavy (non-hydrogen) atoms. The van der Waals surface area contributed by atoms with Crippen LogP contribution in [-0.2, 0) is 25.7 Å². The van der Waals surface area contributed by atoms with Crippen molar-refractivity contribution in [3.63, 3.8) is 0 Å². The van der Waals surface area contributed by atoms with Crippen molar-refractivity contribution in [2.45, 2.75) is 11.8 Å². The molecule has 0 bridgehead atoms. The SMILES string of the molecule is Cc1c(Cl)cc(S(=O)(=O)ON)cc1NS(=O)O. The summed E-state index contributed by atoms with van der Waals surface area (Å²) >= 11 is 3.44. The lowest BCUT2D eigenvalue weighted by atomic mass is 10.2. The van der Waals surface area contributed by atoms with Crippen molar-refractivity contribution in [3.05, 3.63) is 22.7 Å². The van der Waals surface area contributed by atoms with Gasteiger partial charge in [-0.1, -0.05) is 11.6 Å². The van der Waals surface area contributed by atoms with Crippen molar-refractivity contribution < 1.29 is 21.5 Å². The standard InChI is InChI=1S/C7H9ClN2O5S2/c1-4-6(8)2-5(17(13,14)15-9)3-7(4)10-16(11)12/h2-3,10H,9H2,1H3,(H,11,12). The van der Waals surface area contributed by atoms with Crippen molar-refractivity contribution >= 4 is 38.7 Å². The lowest BCUT2D eigenvalue weighted by molar-refractivity contribution is 0.333. The number of hydrogen-bond donors (Lipinski definition) is 3. The summed E-state index contributed by atoms with van der Waals surface area (Å²) in [4.78, 5) is -0.316. The summed E-state index contributed by atoms with van der Waals surface area (Å²) < 4.78 is 47.9. The topological polar surface area (TPSA) is 119 Å². The van der Waals surface area contributed by atoms with E-state index in [1.54, 1.807) is 6.92 Å². The molecule has 96 valence electrons. The molecule has 1 aromatic rings. The van der Waals surface area contributed by atoms with Crippen LogP contribution in [0.15, 0.2) is 17.0 Å². The third kappa shape index (κ3) is 3.37. The number of halogens is 1. The maximum absolute atomic E-state index is 11.3. The molecule has 1 atom stereocenters. The molecule has 0 radical (unpaired) electrons. The Balaban J connectivity index is 3.38. The van der Waals surface area contributed by atoms with Gasteiger partial charge < -0.3 is 0 Å². The molecular formula is C7H9ClN2O5S2. The van der Waals surface area contributed by atoms with Gasteiger partial charge in [-0.3, -0.25) is 9.27 Å². The summed E-state index contributed by atoms with van der Waals surface area (Å²) in [5, 5.41) is 0.0936. The van der Waals surface area contributed by atoms with Crippen molar-refractivity contribution in [2.75, 3.05) is 4.72 Å². The molecule has 0 heterocycles. The summed E-state index contributed by atoms with van der Waals surface area (Å²) in [5.74, 6) is 4.62.